The van der Waals surface area contributed by atoms with Crippen LogP contribution in [0.25, 0.3) is 6.20 Å². The van der Waals surface area contributed by atoms with E-state index >= 15 is 0 Å². The Bertz CT molecular complexity index is 400. The standard InChI is InChI=1S/C11H17N3O.ClH/c1-3-12-7-8-13(10(12)2)9-11-5-4-6-14(11)15;/h3,7-8,11H,1,4-6,9H2,2H3;1H/q+2;. The number of imidazole rings is 1. The van der Waals surface area contributed by atoms with Crippen molar-refractivity contribution in [1.82, 2.24) is 4.57 Å². The van der Waals surface area contributed by atoms with Crippen LogP contribution in [0.1, 0.15) is 18.7 Å². The van der Waals surface area contributed by atoms with Crippen molar-refractivity contribution in [3.05, 3.63) is 29.7 Å². The quantitative estimate of drug-likeness (QED) is 0.741. The molecule has 1 saturated heterocycles. The summed E-state index contributed by atoms with van der Waals surface area (Å²) in [5.41, 5.74) is 0. The Balaban J connectivity index is 0.00000128. The van der Waals surface area contributed by atoms with Gasteiger partial charge < -0.3 is 0 Å². The molecule has 0 N–H and O–H groups in total. The molecule has 0 bridgehead atoms. The molecule has 0 aromatic carbocycles. The van der Waals surface area contributed by atoms with Crippen LogP contribution in [-0.2, 0) is 6.54 Å². The van der Waals surface area contributed by atoms with E-state index in [-0.39, 0.29) is 18.4 Å². The maximum Gasteiger partial charge on any atom is 0.258 e. The lowest BCUT2D eigenvalue weighted by atomic mass is 10.2. The molecule has 2 heterocycles. The summed E-state index contributed by atoms with van der Waals surface area (Å²) in [5.74, 6) is 1.12. The molecule has 4 nitrogen and oxygen atoms in total. The number of nitroso groups, excluding NO2 is 1. The van der Waals surface area contributed by atoms with E-state index in [0.29, 0.717) is 6.54 Å². The van der Waals surface area contributed by atoms with E-state index in [1.807, 2.05) is 23.9 Å². The van der Waals surface area contributed by atoms with E-state index < -0.39 is 0 Å². The van der Waals surface area contributed by atoms with Gasteiger partial charge in [-0.25, -0.2) is 9.13 Å². The third-order valence-corrected chi connectivity index (χ3v) is 3.12. The molecule has 0 saturated carbocycles. The SMILES string of the molecule is C=Cn1cc[n+](CC2CCC[N+]2=O)c1C.Cl. The van der Waals surface area contributed by atoms with Gasteiger partial charge in [-0.15, -0.1) is 12.4 Å². The van der Waals surface area contributed by atoms with E-state index in [1.54, 1.807) is 6.20 Å². The minimum Gasteiger partial charge on any atom is -0.227 e. The van der Waals surface area contributed by atoms with Crippen LogP contribution in [0, 0.1) is 11.8 Å². The summed E-state index contributed by atoms with van der Waals surface area (Å²) < 4.78 is 5.28. The van der Waals surface area contributed by atoms with Crippen LogP contribution in [0.15, 0.2) is 19.0 Å². The van der Waals surface area contributed by atoms with E-state index in [1.165, 1.54) is 4.76 Å². The summed E-state index contributed by atoms with van der Waals surface area (Å²) in [7, 11) is 0. The van der Waals surface area contributed by atoms with Crippen LogP contribution in [-0.4, -0.2) is 21.9 Å². The number of rotatable bonds is 3. The van der Waals surface area contributed by atoms with Crippen molar-refractivity contribution in [2.45, 2.75) is 32.4 Å². The largest absolute Gasteiger partial charge is 0.258 e. The second-order valence-electron chi connectivity index (χ2n) is 4.02. The Morgan fingerprint density at radius 2 is 2.44 bits per heavy atom. The van der Waals surface area contributed by atoms with Gasteiger partial charge in [-0.1, -0.05) is 6.58 Å². The molecule has 0 radical (unpaired) electrons. The van der Waals surface area contributed by atoms with Gasteiger partial charge in [0.2, 0.25) is 6.04 Å². The van der Waals surface area contributed by atoms with Crippen molar-refractivity contribution >= 4 is 18.6 Å². The molecule has 5 heteroatoms. The average molecular weight is 244 g/mol. The predicted molar refractivity (Wildman–Crippen MR) is 64.5 cm³/mol. The number of aromatic nitrogens is 2. The molecular formula is C11H18ClN3O+2. The van der Waals surface area contributed by atoms with Gasteiger partial charge in [0.05, 0.1) is 6.20 Å². The number of nitrogens with zero attached hydrogens (tertiary/aromatic N) is 3. The maximum atomic E-state index is 11.4. The van der Waals surface area contributed by atoms with Gasteiger partial charge in [0.25, 0.3) is 5.82 Å². The lowest BCUT2D eigenvalue weighted by molar-refractivity contribution is -0.739. The predicted octanol–water partition coefficient (Wildman–Crippen LogP) is 1.55. The third-order valence-electron chi connectivity index (χ3n) is 3.12. The number of halogens is 1. The van der Waals surface area contributed by atoms with Crippen LogP contribution in [0.3, 0.4) is 0 Å². The Morgan fingerprint density at radius 3 is 2.94 bits per heavy atom. The molecular weight excluding hydrogens is 226 g/mol. The van der Waals surface area contributed by atoms with Crippen molar-refractivity contribution in [3.63, 3.8) is 0 Å². The smallest absolute Gasteiger partial charge is 0.227 e. The van der Waals surface area contributed by atoms with Gasteiger partial charge >= 0.3 is 0 Å². The highest BCUT2D eigenvalue weighted by molar-refractivity contribution is 5.85. The molecule has 0 aliphatic carbocycles. The maximum absolute atomic E-state index is 11.4. The normalized spacial score (nSPS) is 19.6. The minimum absolute atomic E-state index is 0. The first-order chi connectivity index (χ1) is 7.22. The fourth-order valence-electron chi connectivity index (χ4n) is 2.12. The Labute approximate surface area is 102 Å². The summed E-state index contributed by atoms with van der Waals surface area (Å²) in [6.07, 6.45) is 7.77. The first-order valence-electron chi connectivity index (χ1n) is 5.35. The van der Waals surface area contributed by atoms with Crippen LogP contribution in [0.2, 0.25) is 0 Å². The molecule has 1 atom stereocenters. The molecule has 88 valence electrons. The first kappa shape index (κ1) is 12.9. The molecule has 1 aliphatic rings. The summed E-state index contributed by atoms with van der Waals surface area (Å²) in [4.78, 5) is 11.4. The second kappa shape index (κ2) is 5.25. The zero-order valence-corrected chi connectivity index (χ0v) is 10.3. The molecule has 1 aromatic rings. The van der Waals surface area contributed by atoms with E-state index in [9.17, 15) is 4.91 Å². The fourth-order valence-corrected chi connectivity index (χ4v) is 2.12. The van der Waals surface area contributed by atoms with Gasteiger partial charge in [-0.3, -0.25) is 0 Å². The highest BCUT2D eigenvalue weighted by Gasteiger charge is 2.34. The zero-order valence-electron chi connectivity index (χ0n) is 9.50. The molecule has 1 fully saturated rings. The first-order valence-corrected chi connectivity index (χ1v) is 5.35. The van der Waals surface area contributed by atoms with E-state index in [0.717, 1.165) is 25.2 Å². The zero-order chi connectivity index (χ0) is 10.8. The number of hydrogen-bond donors (Lipinski definition) is 0. The van der Waals surface area contributed by atoms with Gasteiger partial charge in [0.15, 0.2) is 13.1 Å². The lowest BCUT2D eigenvalue weighted by Gasteiger charge is -2.00. The lowest BCUT2D eigenvalue weighted by Crippen LogP contribution is -2.43. The molecule has 0 spiro atoms. The van der Waals surface area contributed by atoms with E-state index in [2.05, 4.69) is 11.1 Å². The van der Waals surface area contributed by atoms with Crippen molar-refractivity contribution in [3.8, 4) is 0 Å². The molecule has 1 unspecified atom stereocenters. The van der Waals surface area contributed by atoms with Crippen LogP contribution in [0.5, 0.6) is 0 Å². The minimum atomic E-state index is 0. The molecule has 0 amide bonds. The fraction of sp³-hybridized carbons (Fsp3) is 0.545. The molecule has 2 rings (SSSR count). The summed E-state index contributed by atoms with van der Waals surface area (Å²) in [6, 6.07) is 0.148. The average Bonchev–Trinajstić information content (AvgIpc) is 2.77. The third kappa shape index (κ3) is 2.32. The van der Waals surface area contributed by atoms with Crippen LogP contribution >= 0.6 is 12.4 Å². The Hall–Kier alpha value is -1.16. The van der Waals surface area contributed by atoms with Gasteiger partial charge in [-0.2, -0.15) is 0 Å². The van der Waals surface area contributed by atoms with Crippen molar-refractivity contribution in [1.29, 1.82) is 0 Å². The summed E-state index contributed by atoms with van der Waals surface area (Å²) in [5, 5.41) is 0. The van der Waals surface area contributed by atoms with Crippen LogP contribution < -0.4 is 4.57 Å². The Morgan fingerprint density at radius 1 is 1.69 bits per heavy atom. The highest BCUT2D eigenvalue weighted by Crippen LogP contribution is 2.11. The number of hydrogen-bond acceptors (Lipinski definition) is 1. The summed E-state index contributed by atoms with van der Waals surface area (Å²) in [6.45, 7) is 7.24. The van der Waals surface area contributed by atoms with Gasteiger partial charge in [0.1, 0.15) is 12.4 Å². The summed E-state index contributed by atoms with van der Waals surface area (Å²) >= 11 is 0. The second-order valence-corrected chi connectivity index (χ2v) is 4.02. The van der Waals surface area contributed by atoms with Crippen molar-refractivity contribution in [2.75, 3.05) is 6.54 Å². The van der Waals surface area contributed by atoms with E-state index in [4.69, 9.17) is 0 Å². The van der Waals surface area contributed by atoms with Crippen LogP contribution in [0.4, 0.5) is 0 Å². The van der Waals surface area contributed by atoms with Crippen molar-refractivity contribution < 1.29 is 9.33 Å². The van der Waals surface area contributed by atoms with Crippen molar-refractivity contribution in [2.24, 2.45) is 0 Å². The molecule has 16 heavy (non-hydrogen) atoms. The highest BCUT2D eigenvalue weighted by atomic mass is 35.5. The monoisotopic (exact) mass is 243 g/mol. The topological polar surface area (TPSA) is 28.9 Å². The van der Waals surface area contributed by atoms with Gasteiger partial charge in [0, 0.05) is 29.4 Å². The Kier molecular flexibility index (Phi) is 4.24. The van der Waals surface area contributed by atoms with Gasteiger partial charge in [-0.05, 0) is 0 Å². The molecule has 1 aliphatic heterocycles. The molecule has 1 aromatic heterocycles.